The molecule has 1 aliphatic heterocycles. The first-order chi connectivity index (χ1) is 8.18. The molecule has 0 aromatic carbocycles. The Morgan fingerprint density at radius 1 is 1.59 bits per heavy atom. The Balaban J connectivity index is 2.27. The SMILES string of the molecule is C[C@@H]1Nc2cnccc2-n2cnc(C(=O)O)c21. The number of anilines is 1. The third-order valence-electron chi connectivity index (χ3n) is 2.85. The van der Waals surface area contributed by atoms with Gasteiger partial charge in [0.15, 0.2) is 5.69 Å². The molecule has 0 amide bonds. The summed E-state index contributed by atoms with van der Waals surface area (Å²) in [4.78, 5) is 19.1. The average molecular weight is 230 g/mol. The summed E-state index contributed by atoms with van der Waals surface area (Å²) in [6.07, 6.45) is 4.92. The van der Waals surface area contributed by atoms with Crippen molar-refractivity contribution in [3.05, 3.63) is 36.2 Å². The van der Waals surface area contributed by atoms with Crippen molar-refractivity contribution in [1.29, 1.82) is 0 Å². The molecular weight excluding hydrogens is 220 g/mol. The van der Waals surface area contributed by atoms with Crippen molar-refractivity contribution >= 4 is 11.7 Å². The monoisotopic (exact) mass is 230 g/mol. The number of carboxylic acids is 1. The average Bonchev–Trinajstić information content (AvgIpc) is 2.74. The van der Waals surface area contributed by atoms with E-state index in [1.807, 2.05) is 13.0 Å². The van der Waals surface area contributed by atoms with Gasteiger partial charge in [-0.2, -0.15) is 0 Å². The molecule has 6 heteroatoms. The van der Waals surface area contributed by atoms with Crippen LogP contribution in [0.15, 0.2) is 24.8 Å². The van der Waals surface area contributed by atoms with E-state index in [2.05, 4.69) is 15.3 Å². The Morgan fingerprint density at radius 3 is 3.18 bits per heavy atom. The molecule has 2 aromatic rings. The molecule has 0 radical (unpaired) electrons. The van der Waals surface area contributed by atoms with E-state index in [0.29, 0.717) is 5.69 Å². The molecular formula is C11H10N4O2. The van der Waals surface area contributed by atoms with Crippen LogP contribution in [-0.2, 0) is 0 Å². The molecule has 0 saturated carbocycles. The lowest BCUT2D eigenvalue weighted by Crippen LogP contribution is -2.21. The quantitative estimate of drug-likeness (QED) is 0.775. The van der Waals surface area contributed by atoms with Crippen molar-refractivity contribution in [3.8, 4) is 5.69 Å². The normalized spacial score (nSPS) is 16.9. The van der Waals surface area contributed by atoms with Gasteiger partial charge < -0.3 is 10.4 Å². The highest BCUT2D eigenvalue weighted by molar-refractivity contribution is 5.88. The molecule has 0 bridgehead atoms. The fraction of sp³-hybridized carbons (Fsp3) is 0.182. The lowest BCUT2D eigenvalue weighted by atomic mass is 10.1. The summed E-state index contributed by atoms with van der Waals surface area (Å²) in [5, 5.41) is 12.3. The highest BCUT2D eigenvalue weighted by Crippen LogP contribution is 2.33. The number of hydrogen-bond acceptors (Lipinski definition) is 4. The standard InChI is InChI=1S/C11H10N4O2/c1-6-10-9(11(16)17)13-5-15(10)8-2-3-12-4-7(8)14-6/h2-6,14H,1H3,(H,16,17)/t6-/m0/s1. The minimum absolute atomic E-state index is 0.0902. The summed E-state index contributed by atoms with van der Waals surface area (Å²) in [6.45, 7) is 1.90. The molecule has 0 spiro atoms. The fourth-order valence-electron chi connectivity index (χ4n) is 2.14. The molecule has 0 saturated heterocycles. The zero-order chi connectivity index (χ0) is 12.0. The van der Waals surface area contributed by atoms with E-state index >= 15 is 0 Å². The zero-order valence-corrected chi connectivity index (χ0v) is 9.08. The minimum atomic E-state index is -1.01. The number of hydrogen-bond donors (Lipinski definition) is 2. The van der Waals surface area contributed by atoms with Crippen LogP contribution >= 0.6 is 0 Å². The predicted molar refractivity (Wildman–Crippen MR) is 60.4 cm³/mol. The highest BCUT2D eigenvalue weighted by Gasteiger charge is 2.27. The maximum Gasteiger partial charge on any atom is 0.356 e. The molecule has 2 aromatic heterocycles. The number of nitrogens with one attached hydrogen (secondary N) is 1. The summed E-state index contributed by atoms with van der Waals surface area (Å²) in [7, 11) is 0. The van der Waals surface area contributed by atoms with Crippen molar-refractivity contribution < 1.29 is 9.90 Å². The lowest BCUT2D eigenvalue weighted by molar-refractivity contribution is 0.0689. The van der Waals surface area contributed by atoms with Gasteiger partial charge in [-0.15, -0.1) is 0 Å². The van der Waals surface area contributed by atoms with Gasteiger partial charge in [0.25, 0.3) is 0 Å². The van der Waals surface area contributed by atoms with E-state index in [9.17, 15) is 4.79 Å². The van der Waals surface area contributed by atoms with Crippen molar-refractivity contribution in [1.82, 2.24) is 14.5 Å². The predicted octanol–water partition coefficient (Wildman–Crippen LogP) is 1.45. The molecule has 3 rings (SSSR count). The second-order valence-electron chi connectivity index (χ2n) is 3.91. The fourth-order valence-corrected chi connectivity index (χ4v) is 2.14. The molecule has 17 heavy (non-hydrogen) atoms. The van der Waals surface area contributed by atoms with Gasteiger partial charge in [0, 0.05) is 6.20 Å². The van der Waals surface area contributed by atoms with Gasteiger partial charge in [-0.1, -0.05) is 0 Å². The van der Waals surface area contributed by atoms with Crippen molar-refractivity contribution in [2.45, 2.75) is 13.0 Å². The van der Waals surface area contributed by atoms with Crippen LogP contribution in [0.5, 0.6) is 0 Å². The Hall–Kier alpha value is -2.37. The number of aromatic nitrogens is 3. The highest BCUT2D eigenvalue weighted by atomic mass is 16.4. The van der Waals surface area contributed by atoms with Crippen molar-refractivity contribution in [2.75, 3.05) is 5.32 Å². The van der Waals surface area contributed by atoms with Gasteiger partial charge in [-0.25, -0.2) is 9.78 Å². The van der Waals surface area contributed by atoms with Crippen LogP contribution < -0.4 is 5.32 Å². The molecule has 1 aliphatic rings. The first-order valence-electron chi connectivity index (χ1n) is 5.20. The van der Waals surface area contributed by atoms with Gasteiger partial charge in [0.05, 0.1) is 29.3 Å². The zero-order valence-electron chi connectivity index (χ0n) is 9.08. The smallest absolute Gasteiger partial charge is 0.356 e. The van der Waals surface area contributed by atoms with Crippen LogP contribution in [0.2, 0.25) is 0 Å². The number of aromatic carboxylic acids is 1. The van der Waals surface area contributed by atoms with Gasteiger partial charge in [0.2, 0.25) is 0 Å². The first kappa shape index (κ1) is 9.83. The van der Waals surface area contributed by atoms with Crippen molar-refractivity contribution in [2.24, 2.45) is 0 Å². The Bertz CT molecular complexity index is 605. The molecule has 2 N–H and O–H groups in total. The van der Waals surface area contributed by atoms with E-state index in [4.69, 9.17) is 5.11 Å². The van der Waals surface area contributed by atoms with Gasteiger partial charge in [0.1, 0.15) is 6.33 Å². The van der Waals surface area contributed by atoms with Crippen LogP contribution in [-0.4, -0.2) is 25.6 Å². The number of rotatable bonds is 1. The third-order valence-corrected chi connectivity index (χ3v) is 2.85. The molecule has 0 aliphatic carbocycles. The number of fused-ring (bicyclic) bond motifs is 3. The van der Waals surface area contributed by atoms with Crippen LogP contribution in [0.1, 0.15) is 29.1 Å². The number of nitrogens with zero attached hydrogens (tertiary/aromatic N) is 3. The lowest BCUT2D eigenvalue weighted by Gasteiger charge is -2.25. The van der Waals surface area contributed by atoms with E-state index in [1.54, 1.807) is 17.0 Å². The van der Waals surface area contributed by atoms with E-state index in [0.717, 1.165) is 11.4 Å². The maximum absolute atomic E-state index is 11.1. The van der Waals surface area contributed by atoms with Crippen LogP contribution in [0.3, 0.4) is 0 Å². The maximum atomic E-state index is 11.1. The second-order valence-corrected chi connectivity index (χ2v) is 3.91. The topological polar surface area (TPSA) is 80.0 Å². The first-order valence-corrected chi connectivity index (χ1v) is 5.20. The van der Waals surface area contributed by atoms with E-state index in [-0.39, 0.29) is 11.7 Å². The summed E-state index contributed by atoms with van der Waals surface area (Å²) < 4.78 is 1.79. The molecule has 0 unspecified atom stereocenters. The minimum Gasteiger partial charge on any atom is -0.476 e. The van der Waals surface area contributed by atoms with Gasteiger partial charge >= 0.3 is 5.97 Å². The van der Waals surface area contributed by atoms with Crippen LogP contribution in [0, 0.1) is 0 Å². The third kappa shape index (κ3) is 1.30. The van der Waals surface area contributed by atoms with Crippen LogP contribution in [0.25, 0.3) is 5.69 Å². The molecule has 3 heterocycles. The molecule has 6 nitrogen and oxygen atoms in total. The summed E-state index contributed by atoms with van der Waals surface area (Å²) in [5.41, 5.74) is 2.50. The Morgan fingerprint density at radius 2 is 2.41 bits per heavy atom. The van der Waals surface area contributed by atoms with Gasteiger partial charge in [-0.05, 0) is 13.0 Å². The largest absolute Gasteiger partial charge is 0.476 e. The van der Waals surface area contributed by atoms with Crippen LogP contribution in [0.4, 0.5) is 5.69 Å². The summed E-state index contributed by atoms with van der Waals surface area (Å²) in [6, 6.07) is 1.71. The number of carboxylic acid groups (broad SMARTS) is 1. The summed E-state index contributed by atoms with van der Waals surface area (Å²) in [5.74, 6) is -1.01. The molecule has 1 atom stereocenters. The number of pyridine rings is 1. The van der Waals surface area contributed by atoms with Gasteiger partial charge in [-0.3, -0.25) is 9.55 Å². The van der Waals surface area contributed by atoms with E-state index in [1.165, 1.54) is 6.33 Å². The second kappa shape index (κ2) is 3.31. The number of imidazole rings is 1. The van der Waals surface area contributed by atoms with E-state index < -0.39 is 5.97 Å². The number of carbonyl (C=O) groups is 1. The van der Waals surface area contributed by atoms with Crippen molar-refractivity contribution in [3.63, 3.8) is 0 Å². The summed E-state index contributed by atoms with van der Waals surface area (Å²) >= 11 is 0. The Labute approximate surface area is 96.9 Å². The Kier molecular flexibility index (Phi) is 1.91. The molecule has 86 valence electrons. The molecule has 0 fully saturated rings.